The van der Waals surface area contributed by atoms with E-state index in [1.807, 2.05) is 0 Å². The molecule has 0 radical (unpaired) electrons. The molecule has 9 heteroatoms. The first-order valence-electron chi connectivity index (χ1n) is 8.30. The van der Waals surface area contributed by atoms with Gasteiger partial charge in [0.2, 0.25) is 0 Å². The molecule has 0 N–H and O–H groups in total. The number of aromatic nitrogens is 4. The van der Waals surface area contributed by atoms with Gasteiger partial charge in [-0.1, -0.05) is 60.1 Å². The highest BCUT2D eigenvalue weighted by atomic mass is 35.5. The zero-order chi connectivity index (χ0) is 18.3. The molecule has 0 atom stereocenters. The van der Waals surface area contributed by atoms with E-state index in [-0.39, 0.29) is 5.92 Å². The molecule has 1 aliphatic carbocycles. The van der Waals surface area contributed by atoms with Crippen molar-refractivity contribution in [3.05, 3.63) is 27.9 Å². The molecule has 4 nitrogen and oxygen atoms in total. The summed E-state index contributed by atoms with van der Waals surface area (Å²) in [7, 11) is 0. The minimum Gasteiger partial charge on any atom is -0.248 e. The van der Waals surface area contributed by atoms with Crippen LogP contribution < -0.4 is 0 Å². The molecule has 0 aliphatic heterocycles. The fourth-order valence-electron chi connectivity index (χ4n) is 2.35. The van der Waals surface area contributed by atoms with Crippen LogP contribution in [0.3, 0.4) is 0 Å². The van der Waals surface area contributed by atoms with Gasteiger partial charge >= 0.3 is 0 Å². The van der Waals surface area contributed by atoms with Gasteiger partial charge in [-0.2, -0.15) is 0 Å². The van der Waals surface area contributed by atoms with E-state index in [0.29, 0.717) is 10.0 Å². The van der Waals surface area contributed by atoms with Crippen LogP contribution in [-0.4, -0.2) is 25.9 Å². The first kappa shape index (κ1) is 18.7. The van der Waals surface area contributed by atoms with Crippen molar-refractivity contribution in [3.8, 4) is 0 Å². The van der Waals surface area contributed by atoms with Gasteiger partial charge < -0.3 is 0 Å². The van der Waals surface area contributed by atoms with Crippen LogP contribution in [0.5, 0.6) is 0 Å². The van der Waals surface area contributed by atoms with Crippen molar-refractivity contribution in [2.24, 2.45) is 5.92 Å². The second-order valence-corrected chi connectivity index (χ2v) is 10.8. The van der Waals surface area contributed by atoms with Gasteiger partial charge in [-0.25, -0.2) is 9.97 Å². The third-order valence-electron chi connectivity index (χ3n) is 3.96. The van der Waals surface area contributed by atoms with E-state index in [4.69, 9.17) is 33.2 Å². The number of nitrogens with zero attached hydrogens (tertiary/aromatic N) is 4. The zero-order valence-electron chi connectivity index (χ0n) is 14.2. The summed E-state index contributed by atoms with van der Waals surface area (Å²) in [5.41, 5.74) is 2.42. The summed E-state index contributed by atoms with van der Waals surface area (Å²) in [6.07, 6.45) is 2.70. The summed E-state index contributed by atoms with van der Waals surface area (Å²) in [6.45, 7) is 4.21. The SMILES string of the molecule is CC(C)c1nc2cc(Cl)c(Cl)cc2nc1Sc1nnc(SCC2CC2)s1. The molecule has 1 saturated carbocycles. The van der Waals surface area contributed by atoms with Crippen molar-refractivity contribution < 1.29 is 0 Å². The molecular formula is C17H16Cl2N4S3. The summed E-state index contributed by atoms with van der Waals surface area (Å²) in [5.74, 6) is 2.25. The van der Waals surface area contributed by atoms with Crippen molar-refractivity contribution in [1.82, 2.24) is 20.2 Å². The Morgan fingerprint density at radius 2 is 1.73 bits per heavy atom. The molecule has 1 aliphatic rings. The maximum Gasteiger partial charge on any atom is 0.181 e. The minimum atomic E-state index is 0.237. The largest absolute Gasteiger partial charge is 0.248 e. The standard InChI is InChI=1S/C17H16Cl2N4S3/c1-8(2)14-15(21-13-6-11(19)10(18)5-12(13)20-14)25-17-23-22-16(26-17)24-7-9-3-4-9/h5-6,8-9H,3-4,7H2,1-2H3. The highest BCUT2D eigenvalue weighted by Gasteiger charge is 2.22. The van der Waals surface area contributed by atoms with Gasteiger partial charge in [0.25, 0.3) is 0 Å². The van der Waals surface area contributed by atoms with Crippen molar-refractivity contribution in [1.29, 1.82) is 0 Å². The lowest BCUT2D eigenvalue weighted by Crippen LogP contribution is -2.00. The van der Waals surface area contributed by atoms with Crippen LogP contribution in [0.4, 0.5) is 0 Å². The third-order valence-corrected chi connectivity index (χ3v) is 8.01. The van der Waals surface area contributed by atoms with Gasteiger partial charge in [-0.15, -0.1) is 10.2 Å². The average Bonchev–Trinajstić information content (AvgIpc) is 3.32. The summed E-state index contributed by atoms with van der Waals surface area (Å²) in [5, 5.41) is 10.4. The van der Waals surface area contributed by atoms with E-state index in [0.717, 1.165) is 42.1 Å². The smallest absolute Gasteiger partial charge is 0.181 e. The number of fused-ring (bicyclic) bond motifs is 1. The van der Waals surface area contributed by atoms with Crippen LogP contribution in [0.15, 0.2) is 25.8 Å². The Morgan fingerprint density at radius 1 is 1.08 bits per heavy atom. The van der Waals surface area contributed by atoms with Crippen molar-refractivity contribution in [2.45, 2.75) is 46.3 Å². The minimum absolute atomic E-state index is 0.237. The third kappa shape index (κ3) is 4.28. The van der Waals surface area contributed by atoms with Crippen LogP contribution >= 0.6 is 58.1 Å². The Morgan fingerprint density at radius 3 is 2.38 bits per heavy atom. The first-order chi connectivity index (χ1) is 12.5. The predicted molar refractivity (Wildman–Crippen MR) is 111 cm³/mol. The molecule has 3 aromatic rings. The Hall–Kier alpha value is -0.600. The molecule has 26 heavy (non-hydrogen) atoms. The summed E-state index contributed by atoms with van der Waals surface area (Å²) < 4.78 is 1.91. The maximum absolute atomic E-state index is 6.14. The predicted octanol–water partition coefficient (Wildman–Crippen LogP) is 6.56. The second kappa shape index (κ2) is 7.80. The molecule has 2 heterocycles. The van der Waals surface area contributed by atoms with E-state index in [9.17, 15) is 0 Å². The van der Waals surface area contributed by atoms with E-state index >= 15 is 0 Å². The molecule has 0 amide bonds. The highest BCUT2D eigenvalue weighted by molar-refractivity contribution is 8.03. The van der Waals surface area contributed by atoms with E-state index < -0.39 is 0 Å². The van der Waals surface area contributed by atoms with Gasteiger partial charge in [0, 0.05) is 5.75 Å². The highest BCUT2D eigenvalue weighted by Crippen LogP contribution is 2.39. The molecule has 0 spiro atoms. The normalized spacial score (nSPS) is 14.5. The Bertz CT molecular complexity index is 957. The van der Waals surface area contributed by atoms with Gasteiger partial charge in [0.05, 0.1) is 26.8 Å². The number of benzene rings is 1. The zero-order valence-corrected chi connectivity index (χ0v) is 18.2. The molecule has 0 unspecified atom stereocenters. The van der Waals surface area contributed by atoms with Crippen LogP contribution in [0.25, 0.3) is 11.0 Å². The Balaban J connectivity index is 1.63. The molecule has 1 aromatic carbocycles. The van der Waals surface area contributed by atoms with Gasteiger partial charge in [-0.3, -0.25) is 0 Å². The number of hydrogen-bond donors (Lipinski definition) is 0. The average molecular weight is 443 g/mol. The fourth-order valence-corrected chi connectivity index (χ4v) is 6.04. The van der Waals surface area contributed by atoms with Gasteiger partial charge in [0.1, 0.15) is 5.03 Å². The first-order valence-corrected chi connectivity index (χ1v) is 11.7. The molecule has 4 rings (SSSR count). The van der Waals surface area contributed by atoms with Crippen molar-refractivity contribution in [3.63, 3.8) is 0 Å². The number of thioether (sulfide) groups is 1. The van der Waals surface area contributed by atoms with Gasteiger partial charge in [-0.05, 0) is 48.6 Å². The van der Waals surface area contributed by atoms with E-state index in [1.54, 1.807) is 35.2 Å². The number of rotatable bonds is 6. The lowest BCUT2D eigenvalue weighted by Gasteiger charge is -2.11. The van der Waals surface area contributed by atoms with Crippen LogP contribution in [-0.2, 0) is 0 Å². The number of hydrogen-bond acceptors (Lipinski definition) is 7. The summed E-state index contributed by atoms with van der Waals surface area (Å²) in [4.78, 5) is 9.55. The van der Waals surface area contributed by atoms with Crippen LogP contribution in [0, 0.1) is 5.92 Å². The molecule has 1 fully saturated rings. The quantitative estimate of drug-likeness (QED) is 0.402. The topological polar surface area (TPSA) is 51.6 Å². The Labute approximate surface area is 174 Å². The fraction of sp³-hybridized carbons (Fsp3) is 0.412. The molecule has 2 aromatic heterocycles. The Kier molecular flexibility index (Phi) is 5.62. The van der Waals surface area contributed by atoms with Crippen molar-refractivity contribution >= 4 is 69.1 Å². The van der Waals surface area contributed by atoms with E-state index in [2.05, 4.69) is 24.0 Å². The van der Waals surface area contributed by atoms with E-state index in [1.165, 1.54) is 24.6 Å². The summed E-state index contributed by atoms with van der Waals surface area (Å²) in [6, 6.07) is 3.53. The van der Waals surface area contributed by atoms with Gasteiger partial charge in [0.15, 0.2) is 8.68 Å². The van der Waals surface area contributed by atoms with Crippen LogP contribution in [0.2, 0.25) is 10.0 Å². The lowest BCUT2D eigenvalue weighted by atomic mass is 10.1. The lowest BCUT2D eigenvalue weighted by molar-refractivity contribution is 0.782. The molecule has 0 bridgehead atoms. The van der Waals surface area contributed by atoms with Crippen LogP contribution in [0.1, 0.15) is 38.3 Å². The number of halogens is 2. The molecule has 0 saturated heterocycles. The molecular weight excluding hydrogens is 427 g/mol. The molecule has 136 valence electrons. The maximum atomic E-state index is 6.14. The monoisotopic (exact) mass is 442 g/mol. The second-order valence-electron chi connectivity index (χ2n) is 6.51. The summed E-state index contributed by atoms with van der Waals surface area (Å²) >= 11 is 17.2. The van der Waals surface area contributed by atoms with Crippen molar-refractivity contribution in [2.75, 3.05) is 5.75 Å².